The Morgan fingerprint density at radius 2 is 2.08 bits per heavy atom. The third-order valence-electron chi connectivity index (χ3n) is 4.28. The van der Waals surface area contributed by atoms with Gasteiger partial charge in [-0.3, -0.25) is 4.79 Å². The van der Waals surface area contributed by atoms with E-state index >= 15 is 0 Å². The number of thioether (sulfide) groups is 1. The average molecular weight is 401 g/mol. The molecule has 0 unspecified atom stereocenters. The Morgan fingerprint density at radius 3 is 2.76 bits per heavy atom. The van der Waals surface area contributed by atoms with Gasteiger partial charge in [0.15, 0.2) is 15.0 Å². The van der Waals surface area contributed by atoms with Crippen LogP contribution in [0.3, 0.4) is 0 Å². The zero-order valence-electron chi connectivity index (χ0n) is 14.2. The van der Waals surface area contributed by atoms with E-state index in [1.165, 1.54) is 11.8 Å². The van der Waals surface area contributed by atoms with E-state index in [-0.39, 0.29) is 34.6 Å². The van der Waals surface area contributed by atoms with Crippen LogP contribution in [0.25, 0.3) is 0 Å². The first-order valence-electron chi connectivity index (χ1n) is 8.24. The number of aliphatic imine (C=N–C) groups is 1. The minimum Gasteiger partial charge on any atom is -0.342 e. The van der Waals surface area contributed by atoms with E-state index in [0.717, 1.165) is 5.56 Å². The van der Waals surface area contributed by atoms with Crippen molar-refractivity contribution in [3.63, 3.8) is 0 Å². The van der Waals surface area contributed by atoms with Gasteiger partial charge in [-0.05, 0) is 17.5 Å². The molecular weight excluding hydrogens is 380 g/mol. The lowest BCUT2D eigenvalue weighted by atomic mass is 10.1. The van der Waals surface area contributed by atoms with Crippen LogP contribution in [0.1, 0.15) is 25.8 Å². The lowest BCUT2D eigenvalue weighted by molar-refractivity contribution is -0.118. The SMILES string of the molecule is CC(C)CC(=O)N=C1S[C@@H]2CS(=O)(=O)C[C@@H]2N1Cc1ccccc1Cl. The first kappa shape index (κ1) is 18.7. The van der Waals surface area contributed by atoms with Gasteiger partial charge in [0.05, 0.1) is 17.5 Å². The normalized spacial score (nSPS) is 26.4. The van der Waals surface area contributed by atoms with Crippen molar-refractivity contribution in [1.29, 1.82) is 0 Å². The second-order valence-corrected chi connectivity index (χ2v) is 10.7. The van der Waals surface area contributed by atoms with Crippen molar-refractivity contribution < 1.29 is 13.2 Å². The highest BCUT2D eigenvalue weighted by Crippen LogP contribution is 2.39. The Bertz CT molecular complexity index is 808. The van der Waals surface area contributed by atoms with Crippen molar-refractivity contribution in [3.8, 4) is 0 Å². The zero-order chi connectivity index (χ0) is 18.2. The summed E-state index contributed by atoms with van der Waals surface area (Å²) < 4.78 is 24.0. The highest BCUT2D eigenvalue weighted by Gasteiger charge is 2.48. The number of nitrogens with zero attached hydrogens (tertiary/aromatic N) is 2. The van der Waals surface area contributed by atoms with E-state index in [2.05, 4.69) is 4.99 Å². The number of amidine groups is 1. The summed E-state index contributed by atoms with van der Waals surface area (Å²) in [4.78, 5) is 18.4. The van der Waals surface area contributed by atoms with Gasteiger partial charge in [-0.1, -0.05) is 55.4 Å². The van der Waals surface area contributed by atoms with Crippen LogP contribution < -0.4 is 0 Å². The second-order valence-electron chi connectivity index (χ2n) is 6.91. The van der Waals surface area contributed by atoms with Crippen molar-refractivity contribution >= 4 is 44.3 Å². The van der Waals surface area contributed by atoms with Crippen LogP contribution in [0.2, 0.25) is 5.02 Å². The fourth-order valence-electron chi connectivity index (χ4n) is 3.13. The van der Waals surface area contributed by atoms with Crippen molar-refractivity contribution in [2.75, 3.05) is 11.5 Å². The molecule has 25 heavy (non-hydrogen) atoms. The van der Waals surface area contributed by atoms with Gasteiger partial charge in [-0.2, -0.15) is 4.99 Å². The molecule has 0 bridgehead atoms. The Kier molecular flexibility index (Phi) is 5.46. The number of halogens is 1. The molecule has 2 aliphatic rings. The molecule has 136 valence electrons. The standard InChI is InChI=1S/C17H21ClN2O3S2/c1-11(2)7-16(21)19-17-20(8-12-5-3-4-6-13(12)18)14-9-25(22,23)10-15(14)24-17/h3-6,11,14-15H,7-10H2,1-2H3/t14-,15+/m0/s1. The minimum absolute atomic E-state index is 0.0712. The number of carbonyl (C=O) groups excluding carboxylic acids is 1. The number of fused-ring (bicyclic) bond motifs is 1. The molecule has 5 nitrogen and oxygen atoms in total. The van der Waals surface area contributed by atoms with Crippen LogP contribution in [-0.2, 0) is 21.2 Å². The lowest BCUT2D eigenvalue weighted by Gasteiger charge is -2.25. The monoisotopic (exact) mass is 400 g/mol. The molecule has 2 fully saturated rings. The smallest absolute Gasteiger partial charge is 0.248 e. The Labute approximate surface area is 157 Å². The predicted octanol–water partition coefficient (Wildman–Crippen LogP) is 2.98. The number of sulfone groups is 1. The molecule has 1 aromatic carbocycles. The molecule has 0 aromatic heterocycles. The molecular formula is C17H21ClN2O3S2. The Hall–Kier alpha value is -1.05. The highest BCUT2D eigenvalue weighted by atomic mass is 35.5. The molecule has 8 heteroatoms. The molecule has 0 spiro atoms. The topological polar surface area (TPSA) is 66.8 Å². The van der Waals surface area contributed by atoms with E-state index in [0.29, 0.717) is 23.2 Å². The molecule has 0 aliphatic carbocycles. The number of amides is 1. The third kappa shape index (κ3) is 4.38. The van der Waals surface area contributed by atoms with Gasteiger partial charge in [0.2, 0.25) is 5.91 Å². The molecule has 1 amide bonds. The van der Waals surface area contributed by atoms with Crippen LogP contribution >= 0.6 is 23.4 Å². The van der Waals surface area contributed by atoms with Crippen LogP contribution in [0, 0.1) is 5.92 Å². The summed E-state index contributed by atoms with van der Waals surface area (Å²) in [5, 5.41) is 1.18. The highest BCUT2D eigenvalue weighted by molar-refractivity contribution is 8.15. The lowest BCUT2D eigenvalue weighted by Crippen LogP contribution is -2.37. The molecule has 0 N–H and O–H groups in total. The maximum Gasteiger partial charge on any atom is 0.248 e. The number of carbonyl (C=O) groups is 1. The molecule has 1 aromatic rings. The van der Waals surface area contributed by atoms with Crippen molar-refractivity contribution in [3.05, 3.63) is 34.9 Å². The molecule has 0 saturated carbocycles. The molecule has 2 atom stereocenters. The summed E-state index contributed by atoms with van der Waals surface area (Å²) in [6.45, 7) is 4.41. The van der Waals surface area contributed by atoms with Crippen LogP contribution in [-0.4, -0.2) is 47.2 Å². The Morgan fingerprint density at radius 1 is 1.36 bits per heavy atom. The summed E-state index contributed by atoms with van der Waals surface area (Å²) in [6.07, 6.45) is 0.387. The van der Waals surface area contributed by atoms with E-state index in [9.17, 15) is 13.2 Å². The molecule has 2 aliphatic heterocycles. The summed E-state index contributed by atoms with van der Waals surface area (Å²) in [5.74, 6) is 0.315. The fourth-order valence-corrected chi connectivity index (χ4v) is 7.30. The zero-order valence-corrected chi connectivity index (χ0v) is 16.6. The molecule has 0 radical (unpaired) electrons. The third-order valence-corrected chi connectivity index (χ3v) is 7.89. The van der Waals surface area contributed by atoms with Crippen LogP contribution in [0.4, 0.5) is 0 Å². The fraction of sp³-hybridized carbons (Fsp3) is 0.529. The summed E-state index contributed by atoms with van der Waals surface area (Å²) in [7, 11) is -3.05. The van der Waals surface area contributed by atoms with E-state index in [1.807, 2.05) is 43.0 Å². The number of benzene rings is 1. The molecule has 2 saturated heterocycles. The van der Waals surface area contributed by atoms with Gasteiger partial charge in [0.25, 0.3) is 0 Å². The summed E-state index contributed by atoms with van der Waals surface area (Å²) >= 11 is 7.67. The summed E-state index contributed by atoms with van der Waals surface area (Å²) in [5.41, 5.74) is 0.902. The molecule has 3 rings (SSSR count). The minimum atomic E-state index is -3.05. The van der Waals surface area contributed by atoms with Gasteiger partial charge < -0.3 is 4.90 Å². The first-order chi connectivity index (χ1) is 11.7. The Balaban J connectivity index is 1.88. The molecule has 2 heterocycles. The van der Waals surface area contributed by atoms with Crippen LogP contribution in [0.5, 0.6) is 0 Å². The van der Waals surface area contributed by atoms with E-state index in [4.69, 9.17) is 11.6 Å². The second kappa shape index (κ2) is 7.29. The maximum atomic E-state index is 12.1. The van der Waals surface area contributed by atoms with Gasteiger partial charge in [-0.25, -0.2) is 8.42 Å². The van der Waals surface area contributed by atoms with Crippen LogP contribution in [0.15, 0.2) is 29.3 Å². The van der Waals surface area contributed by atoms with Gasteiger partial charge in [0, 0.05) is 23.2 Å². The number of hydrogen-bond acceptors (Lipinski definition) is 4. The van der Waals surface area contributed by atoms with E-state index < -0.39 is 9.84 Å². The largest absolute Gasteiger partial charge is 0.342 e. The van der Waals surface area contributed by atoms with Gasteiger partial charge in [-0.15, -0.1) is 0 Å². The quantitative estimate of drug-likeness (QED) is 0.777. The maximum absolute atomic E-state index is 12.1. The van der Waals surface area contributed by atoms with Gasteiger partial charge >= 0.3 is 0 Å². The van der Waals surface area contributed by atoms with Crippen molar-refractivity contribution in [1.82, 2.24) is 4.90 Å². The number of rotatable bonds is 4. The van der Waals surface area contributed by atoms with E-state index in [1.54, 1.807) is 0 Å². The van der Waals surface area contributed by atoms with Gasteiger partial charge in [0.1, 0.15) is 0 Å². The summed E-state index contributed by atoms with van der Waals surface area (Å²) in [6, 6.07) is 7.32. The van der Waals surface area contributed by atoms with Crippen molar-refractivity contribution in [2.24, 2.45) is 10.9 Å². The first-order valence-corrected chi connectivity index (χ1v) is 11.3. The average Bonchev–Trinajstić information content (AvgIpc) is 2.93. The predicted molar refractivity (Wildman–Crippen MR) is 103 cm³/mol. The van der Waals surface area contributed by atoms with Crippen molar-refractivity contribution in [2.45, 2.75) is 38.1 Å². The number of hydrogen-bond donors (Lipinski definition) is 0.